The molecule has 0 saturated carbocycles. The van der Waals surface area contributed by atoms with Crippen LogP contribution in [0.25, 0.3) is 22.1 Å². The highest BCUT2D eigenvalue weighted by molar-refractivity contribution is 5.82. The van der Waals surface area contributed by atoms with Crippen molar-refractivity contribution in [2.45, 2.75) is 20.0 Å². The molecule has 25 heavy (non-hydrogen) atoms. The zero-order valence-corrected chi connectivity index (χ0v) is 14.0. The second-order valence-corrected chi connectivity index (χ2v) is 5.51. The normalized spacial score (nSPS) is 11.9. The third-order valence-corrected chi connectivity index (χ3v) is 3.76. The number of benzene rings is 2. The molecule has 128 valence electrons. The molecule has 5 heteroatoms. The van der Waals surface area contributed by atoms with Crippen LogP contribution in [0.4, 0.5) is 0 Å². The molecule has 0 amide bonds. The Kier molecular flexibility index (Phi) is 4.84. The van der Waals surface area contributed by atoms with Crippen LogP contribution in [0.3, 0.4) is 0 Å². The number of rotatable bonds is 5. The zero-order valence-electron chi connectivity index (χ0n) is 14.0. The predicted octanol–water partition coefficient (Wildman–Crippen LogP) is 3.79. The van der Waals surface area contributed by atoms with Gasteiger partial charge >= 0.3 is 5.97 Å². The molecule has 0 saturated heterocycles. The number of ether oxygens (including phenoxy) is 2. The molecule has 0 N–H and O–H groups in total. The summed E-state index contributed by atoms with van der Waals surface area (Å²) in [6, 6.07) is 14.2. The zero-order chi connectivity index (χ0) is 17.8. The molecule has 3 aromatic rings. The Morgan fingerprint density at radius 2 is 1.92 bits per heavy atom. The molecule has 0 aliphatic carbocycles. The van der Waals surface area contributed by atoms with E-state index in [4.69, 9.17) is 13.9 Å². The maximum atomic E-state index is 12.7. The molecule has 0 spiro atoms. The van der Waals surface area contributed by atoms with E-state index in [1.807, 2.05) is 30.3 Å². The summed E-state index contributed by atoms with van der Waals surface area (Å²) in [5, 5.41) is 0.456. The molecule has 2 aromatic carbocycles. The van der Waals surface area contributed by atoms with Gasteiger partial charge in [0.1, 0.15) is 17.6 Å². The molecule has 1 atom stereocenters. The van der Waals surface area contributed by atoms with Crippen LogP contribution in [-0.2, 0) is 9.53 Å². The molecule has 0 radical (unpaired) electrons. The molecule has 0 fully saturated rings. The van der Waals surface area contributed by atoms with E-state index in [0.717, 1.165) is 5.56 Å². The lowest BCUT2D eigenvalue weighted by Crippen LogP contribution is -2.26. The molecule has 1 aromatic heterocycles. The van der Waals surface area contributed by atoms with E-state index in [9.17, 15) is 9.59 Å². The number of carbonyl (C=O) groups excluding carboxylic acids is 1. The minimum Gasteiger partial charge on any atom is -0.479 e. The van der Waals surface area contributed by atoms with Crippen LogP contribution in [0.15, 0.2) is 64.0 Å². The van der Waals surface area contributed by atoms with Crippen molar-refractivity contribution in [1.29, 1.82) is 0 Å². The van der Waals surface area contributed by atoms with Crippen LogP contribution < -0.4 is 10.2 Å². The minimum atomic E-state index is -0.743. The van der Waals surface area contributed by atoms with Gasteiger partial charge in [0.2, 0.25) is 0 Å². The van der Waals surface area contributed by atoms with E-state index in [1.54, 1.807) is 32.0 Å². The van der Waals surface area contributed by atoms with Gasteiger partial charge in [-0.25, -0.2) is 4.79 Å². The fourth-order valence-electron chi connectivity index (χ4n) is 2.51. The summed E-state index contributed by atoms with van der Waals surface area (Å²) in [5.41, 5.74) is 1.59. The molecule has 0 unspecified atom stereocenters. The van der Waals surface area contributed by atoms with Gasteiger partial charge in [-0.1, -0.05) is 30.3 Å². The Morgan fingerprint density at radius 3 is 2.64 bits per heavy atom. The van der Waals surface area contributed by atoms with E-state index in [1.165, 1.54) is 6.26 Å². The van der Waals surface area contributed by atoms with Crippen molar-refractivity contribution < 1.29 is 18.7 Å². The van der Waals surface area contributed by atoms with E-state index in [-0.39, 0.29) is 5.43 Å². The van der Waals surface area contributed by atoms with Crippen LogP contribution >= 0.6 is 0 Å². The first-order valence-electron chi connectivity index (χ1n) is 8.04. The quantitative estimate of drug-likeness (QED) is 0.662. The monoisotopic (exact) mass is 338 g/mol. The standard InChI is InChI=1S/C20H18O5/c1-3-23-20(22)13(2)25-15-9-10-16-18(11-15)24-12-17(19(16)21)14-7-5-4-6-8-14/h4-13H,3H2,1-2H3/t13-/m1/s1. The van der Waals surface area contributed by atoms with Gasteiger partial charge in [0.25, 0.3) is 0 Å². The highest BCUT2D eigenvalue weighted by Crippen LogP contribution is 2.23. The second kappa shape index (κ2) is 7.21. The van der Waals surface area contributed by atoms with Crippen LogP contribution in [-0.4, -0.2) is 18.7 Å². The van der Waals surface area contributed by atoms with E-state index < -0.39 is 12.1 Å². The lowest BCUT2D eigenvalue weighted by molar-refractivity contribution is -0.150. The summed E-state index contributed by atoms with van der Waals surface area (Å²) in [4.78, 5) is 24.3. The van der Waals surface area contributed by atoms with Crippen molar-refractivity contribution in [2.24, 2.45) is 0 Å². The Balaban J connectivity index is 1.92. The van der Waals surface area contributed by atoms with Crippen molar-refractivity contribution in [3.8, 4) is 16.9 Å². The Hall–Kier alpha value is -3.08. The van der Waals surface area contributed by atoms with E-state index in [0.29, 0.717) is 28.9 Å². The first kappa shape index (κ1) is 16.8. The number of carbonyl (C=O) groups is 1. The third kappa shape index (κ3) is 3.55. The largest absolute Gasteiger partial charge is 0.479 e. The summed E-state index contributed by atoms with van der Waals surface area (Å²) in [6.45, 7) is 3.64. The van der Waals surface area contributed by atoms with Gasteiger partial charge in [0, 0.05) is 6.07 Å². The molecule has 0 aliphatic rings. The molecule has 3 rings (SSSR count). The van der Waals surface area contributed by atoms with Crippen LogP contribution in [0.5, 0.6) is 5.75 Å². The van der Waals surface area contributed by atoms with Gasteiger partial charge < -0.3 is 13.9 Å². The first-order valence-corrected chi connectivity index (χ1v) is 8.04. The van der Waals surface area contributed by atoms with Crippen molar-refractivity contribution in [2.75, 3.05) is 6.61 Å². The van der Waals surface area contributed by atoms with Gasteiger partial charge in [-0.05, 0) is 31.5 Å². The number of hydrogen-bond donors (Lipinski definition) is 0. The predicted molar refractivity (Wildman–Crippen MR) is 94.6 cm³/mol. The van der Waals surface area contributed by atoms with Crippen molar-refractivity contribution >= 4 is 16.9 Å². The fraction of sp³-hybridized carbons (Fsp3) is 0.200. The Bertz CT molecular complexity index is 943. The number of hydrogen-bond acceptors (Lipinski definition) is 5. The third-order valence-electron chi connectivity index (χ3n) is 3.76. The second-order valence-electron chi connectivity index (χ2n) is 5.51. The molecule has 5 nitrogen and oxygen atoms in total. The summed E-state index contributed by atoms with van der Waals surface area (Å²) in [7, 11) is 0. The topological polar surface area (TPSA) is 65.7 Å². The number of esters is 1. The Morgan fingerprint density at radius 1 is 1.16 bits per heavy atom. The molecule has 1 heterocycles. The van der Waals surface area contributed by atoms with Crippen LogP contribution in [0.2, 0.25) is 0 Å². The highest BCUT2D eigenvalue weighted by Gasteiger charge is 2.16. The number of fused-ring (bicyclic) bond motifs is 1. The van der Waals surface area contributed by atoms with Gasteiger partial charge in [-0.2, -0.15) is 0 Å². The van der Waals surface area contributed by atoms with Gasteiger partial charge in [-0.3, -0.25) is 4.79 Å². The maximum Gasteiger partial charge on any atom is 0.347 e. The Labute approximate surface area is 144 Å². The van der Waals surface area contributed by atoms with Gasteiger partial charge in [-0.15, -0.1) is 0 Å². The molecular formula is C20H18O5. The SMILES string of the molecule is CCOC(=O)[C@@H](C)Oc1ccc2c(=O)c(-c3ccccc3)coc2c1. The average molecular weight is 338 g/mol. The van der Waals surface area contributed by atoms with E-state index in [2.05, 4.69) is 0 Å². The lowest BCUT2D eigenvalue weighted by atomic mass is 10.1. The summed E-state index contributed by atoms with van der Waals surface area (Å²) < 4.78 is 16.1. The smallest absolute Gasteiger partial charge is 0.347 e. The maximum absolute atomic E-state index is 12.7. The van der Waals surface area contributed by atoms with Crippen LogP contribution in [0, 0.1) is 0 Å². The van der Waals surface area contributed by atoms with Gasteiger partial charge in [0.05, 0.1) is 17.6 Å². The fourth-order valence-corrected chi connectivity index (χ4v) is 2.51. The van der Waals surface area contributed by atoms with Gasteiger partial charge in [0.15, 0.2) is 11.5 Å². The van der Waals surface area contributed by atoms with Crippen molar-refractivity contribution in [3.63, 3.8) is 0 Å². The highest BCUT2D eigenvalue weighted by atomic mass is 16.6. The molecular weight excluding hydrogens is 320 g/mol. The summed E-state index contributed by atoms with van der Waals surface area (Å²) >= 11 is 0. The lowest BCUT2D eigenvalue weighted by Gasteiger charge is -2.13. The summed E-state index contributed by atoms with van der Waals surface area (Å²) in [5.74, 6) is -0.00728. The first-order chi connectivity index (χ1) is 12.1. The molecule has 0 aliphatic heterocycles. The van der Waals surface area contributed by atoms with E-state index >= 15 is 0 Å². The van der Waals surface area contributed by atoms with Crippen molar-refractivity contribution in [3.05, 3.63) is 65.0 Å². The molecule has 0 bridgehead atoms. The van der Waals surface area contributed by atoms with Crippen LogP contribution in [0.1, 0.15) is 13.8 Å². The average Bonchev–Trinajstić information content (AvgIpc) is 2.63. The minimum absolute atomic E-state index is 0.113. The van der Waals surface area contributed by atoms with Crippen molar-refractivity contribution in [1.82, 2.24) is 0 Å². The summed E-state index contributed by atoms with van der Waals surface area (Å²) in [6.07, 6.45) is 0.700.